The quantitative estimate of drug-likeness (QED) is 0.856. The molecule has 25 heavy (non-hydrogen) atoms. The number of carbonyl (C=O) groups is 1. The molecule has 5 nitrogen and oxygen atoms in total. The summed E-state index contributed by atoms with van der Waals surface area (Å²) >= 11 is 0. The van der Waals surface area contributed by atoms with Crippen molar-refractivity contribution in [1.29, 1.82) is 0 Å². The lowest BCUT2D eigenvalue weighted by Crippen LogP contribution is -2.32. The highest BCUT2D eigenvalue weighted by molar-refractivity contribution is 7.92. The molecule has 7 heteroatoms. The lowest BCUT2D eigenvalue weighted by atomic mass is 10.2. The molecule has 1 amide bonds. The first-order chi connectivity index (χ1) is 11.8. The molecule has 0 bridgehead atoms. The summed E-state index contributed by atoms with van der Waals surface area (Å²) in [7, 11) is -2.71. The molecule has 1 atom stereocenters. The second-order valence-electron chi connectivity index (χ2n) is 5.73. The van der Waals surface area contributed by atoms with Crippen LogP contribution in [0.15, 0.2) is 53.4 Å². The van der Waals surface area contributed by atoms with Crippen LogP contribution in [0, 0.1) is 5.82 Å². The molecule has 1 N–H and O–H groups in total. The lowest BCUT2D eigenvalue weighted by Gasteiger charge is -2.20. The van der Waals surface area contributed by atoms with Crippen LogP contribution in [0.5, 0.6) is 0 Å². The van der Waals surface area contributed by atoms with E-state index < -0.39 is 15.8 Å². The van der Waals surface area contributed by atoms with Crippen LogP contribution in [0.4, 0.5) is 10.1 Å². The Labute approximate surface area is 147 Å². The summed E-state index contributed by atoms with van der Waals surface area (Å²) in [6, 6.07) is 11.3. The minimum atomic E-state index is -3.99. The predicted octanol–water partition coefficient (Wildman–Crippen LogP) is 3.18. The Morgan fingerprint density at radius 3 is 2.52 bits per heavy atom. The highest BCUT2D eigenvalue weighted by Crippen LogP contribution is 2.25. The third-order valence-corrected chi connectivity index (χ3v) is 5.70. The van der Waals surface area contributed by atoms with Gasteiger partial charge in [0.15, 0.2) is 0 Å². The lowest BCUT2D eigenvalue weighted by molar-refractivity contribution is 0.0939. The molecule has 2 aromatic carbocycles. The van der Waals surface area contributed by atoms with Crippen molar-refractivity contribution in [3.63, 3.8) is 0 Å². The molecule has 2 aromatic rings. The molecule has 0 fully saturated rings. The van der Waals surface area contributed by atoms with Gasteiger partial charge in [-0.25, -0.2) is 12.8 Å². The Hall–Kier alpha value is -2.41. The number of amides is 1. The first-order valence-corrected chi connectivity index (χ1v) is 9.35. The van der Waals surface area contributed by atoms with Crippen LogP contribution >= 0.6 is 0 Å². The van der Waals surface area contributed by atoms with Gasteiger partial charge in [-0.1, -0.05) is 25.1 Å². The van der Waals surface area contributed by atoms with Crippen molar-refractivity contribution in [2.45, 2.75) is 31.2 Å². The number of sulfonamides is 1. The highest BCUT2D eigenvalue weighted by atomic mass is 32.2. The molecule has 0 radical (unpaired) electrons. The molecule has 0 aliphatic rings. The van der Waals surface area contributed by atoms with Gasteiger partial charge in [-0.2, -0.15) is 0 Å². The average molecular weight is 364 g/mol. The first-order valence-electron chi connectivity index (χ1n) is 7.91. The summed E-state index contributed by atoms with van der Waals surface area (Å²) in [5, 5.41) is 2.79. The molecule has 0 unspecified atom stereocenters. The van der Waals surface area contributed by atoms with Gasteiger partial charge in [0.05, 0.1) is 10.6 Å². The van der Waals surface area contributed by atoms with Gasteiger partial charge in [0.25, 0.3) is 15.9 Å². The number of rotatable bonds is 6. The number of hydrogen-bond donors (Lipinski definition) is 1. The Balaban J connectivity index is 2.36. The van der Waals surface area contributed by atoms with E-state index in [1.165, 1.54) is 43.4 Å². The van der Waals surface area contributed by atoms with Crippen molar-refractivity contribution in [3.8, 4) is 0 Å². The number of nitrogens with one attached hydrogen (secondary N) is 1. The van der Waals surface area contributed by atoms with Crippen LogP contribution in [-0.4, -0.2) is 27.4 Å². The fraction of sp³-hybridized carbons (Fsp3) is 0.278. The molecule has 0 saturated carbocycles. The molecular weight excluding hydrogens is 343 g/mol. The van der Waals surface area contributed by atoms with E-state index in [9.17, 15) is 17.6 Å². The number of anilines is 1. The topological polar surface area (TPSA) is 66.5 Å². The van der Waals surface area contributed by atoms with Crippen LogP contribution in [0.1, 0.15) is 30.6 Å². The number of benzene rings is 2. The summed E-state index contributed by atoms with van der Waals surface area (Å²) in [5.74, 6) is -0.987. The van der Waals surface area contributed by atoms with Crippen LogP contribution in [0.3, 0.4) is 0 Å². The fourth-order valence-electron chi connectivity index (χ4n) is 2.20. The van der Waals surface area contributed by atoms with Crippen molar-refractivity contribution in [1.82, 2.24) is 5.32 Å². The van der Waals surface area contributed by atoms with Gasteiger partial charge >= 0.3 is 0 Å². The molecule has 0 aliphatic carbocycles. The fourth-order valence-corrected chi connectivity index (χ4v) is 3.45. The van der Waals surface area contributed by atoms with Gasteiger partial charge in [-0.05, 0) is 43.7 Å². The maximum atomic E-state index is 13.9. The third kappa shape index (κ3) is 4.17. The molecule has 2 rings (SSSR count). The normalized spacial score (nSPS) is 12.5. The van der Waals surface area contributed by atoms with Crippen molar-refractivity contribution < 1.29 is 17.6 Å². The zero-order valence-electron chi connectivity index (χ0n) is 14.4. The van der Waals surface area contributed by atoms with Crippen LogP contribution in [0.25, 0.3) is 0 Å². The standard InChI is InChI=1S/C18H21FN2O3S/c1-4-13(2)20-18(22)14-8-7-9-15(12-14)25(23,24)21(3)17-11-6-5-10-16(17)19/h5-13H,4H2,1-3H3,(H,20,22)/t13-/m0/s1. The number of hydrogen-bond acceptors (Lipinski definition) is 3. The van der Waals surface area contributed by atoms with Crippen LogP contribution in [0.2, 0.25) is 0 Å². The minimum absolute atomic E-state index is 0.0196. The number of nitrogens with zero attached hydrogens (tertiary/aromatic N) is 1. The Bertz CT molecular complexity index is 868. The summed E-state index contributed by atoms with van der Waals surface area (Å²) in [5.41, 5.74) is 0.181. The van der Waals surface area contributed by atoms with Gasteiger partial charge in [0.1, 0.15) is 5.82 Å². The van der Waals surface area contributed by atoms with Gasteiger partial charge < -0.3 is 5.32 Å². The molecule has 0 spiro atoms. The van der Waals surface area contributed by atoms with Crippen molar-refractivity contribution >= 4 is 21.6 Å². The Morgan fingerprint density at radius 2 is 1.88 bits per heavy atom. The van der Waals surface area contributed by atoms with Gasteiger partial charge in [-0.3, -0.25) is 9.10 Å². The SMILES string of the molecule is CC[C@H](C)NC(=O)c1cccc(S(=O)(=O)N(C)c2ccccc2F)c1. The largest absolute Gasteiger partial charge is 0.350 e. The summed E-state index contributed by atoms with van der Waals surface area (Å²) in [4.78, 5) is 12.1. The van der Waals surface area contributed by atoms with E-state index in [2.05, 4.69) is 5.32 Å². The number of halogens is 1. The Kier molecular flexibility index (Phi) is 5.79. The minimum Gasteiger partial charge on any atom is -0.350 e. The van der Waals surface area contributed by atoms with E-state index in [0.717, 1.165) is 10.7 Å². The molecule has 0 heterocycles. The van der Waals surface area contributed by atoms with Gasteiger partial charge in [0.2, 0.25) is 0 Å². The maximum Gasteiger partial charge on any atom is 0.264 e. The zero-order valence-corrected chi connectivity index (χ0v) is 15.2. The Morgan fingerprint density at radius 1 is 1.20 bits per heavy atom. The van der Waals surface area contributed by atoms with Crippen LogP contribution < -0.4 is 9.62 Å². The van der Waals surface area contributed by atoms with E-state index in [1.54, 1.807) is 12.1 Å². The van der Waals surface area contributed by atoms with Crippen molar-refractivity contribution in [2.24, 2.45) is 0 Å². The third-order valence-electron chi connectivity index (χ3n) is 3.94. The van der Waals surface area contributed by atoms with Gasteiger partial charge in [-0.15, -0.1) is 0 Å². The highest BCUT2D eigenvalue weighted by Gasteiger charge is 2.24. The van der Waals surface area contributed by atoms with E-state index in [0.29, 0.717) is 0 Å². The predicted molar refractivity (Wildman–Crippen MR) is 95.7 cm³/mol. The molecular formula is C18H21FN2O3S. The van der Waals surface area contributed by atoms with Crippen molar-refractivity contribution in [2.75, 3.05) is 11.4 Å². The summed E-state index contributed by atoms with van der Waals surface area (Å²) in [6.07, 6.45) is 0.764. The summed E-state index contributed by atoms with van der Waals surface area (Å²) in [6.45, 7) is 3.81. The molecule has 0 aromatic heterocycles. The van der Waals surface area contributed by atoms with Gasteiger partial charge in [0, 0.05) is 18.7 Å². The summed E-state index contributed by atoms with van der Waals surface area (Å²) < 4.78 is 40.3. The average Bonchev–Trinajstić information content (AvgIpc) is 2.61. The second kappa shape index (κ2) is 7.65. The van der Waals surface area contributed by atoms with E-state index >= 15 is 0 Å². The smallest absolute Gasteiger partial charge is 0.264 e. The molecule has 0 saturated heterocycles. The van der Waals surface area contributed by atoms with E-state index in [4.69, 9.17) is 0 Å². The number of para-hydroxylation sites is 1. The zero-order chi connectivity index (χ0) is 18.6. The van der Waals surface area contributed by atoms with Crippen LogP contribution in [-0.2, 0) is 10.0 Å². The monoisotopic (exact) mass is 364 g/mol. The first kappa shape index (κ1) is 18.9. The maximum absolute atomic E-state index is 13.9. The van der Waals surface area contributed by atoms with E-state index in [1.807, 2.05) is 13.8 Å². The van der Waals surface area contributed by atoms with E-state index in [-0.39, 0.29) is 28.1 Å². The van der Waals surface area contributed by atoms with Crippen molar-refractivity contribution in [3.05, 3.63) is 59.9 Å². The molecule has 0 aliphatic heterocycles. The number of carbonyl (C=O) groups excluding carboxylic acids is 1. The molecule has 134 valence electrons. The second-order valence-corrected chi connectivity index (χ2v) is 7.70.